The van der Waals surface area contributed by atoms with Crippen LogP contribution in [0.1, 0.15) is 47.0 Å². The fraction of sp³-hybridized carbons (Fsp3) is 0.944. The number of ether oxygens (including phenoxy) is 1. The second-order valence-corrected chi connectivity index (χ2v) is 7.86. The second kappa shape index (κ2) is 10.1. The highest BCUT2D eigenvalue weighted by Gasteiger charge is 2.35. The Balaban J connectivity index is 2.53. The fourth-order valence-corrected chi connectivity index (χ4v) is 3.14. The Morgan fingerprint density at radius 2 is 2.00 bits per heavy atom. The number of guanidine groups is 1. The van der Waals surface area contributed by atoms with E-state index in [2.05, 4.69) is 57.3 Å². The lowest BCUT2D eigenvalue weighted by atomic mass is 9.78. The molecule has 1 saturated heterocycles. The first kappa shape index (κ1) is 20.2. The molecule has 5 heteroatoms. The maximum Gasteiger partial charge on any atom is 0.191 e. The Bertz CT molecular complexity index is 349. The molecule has 2 unspecified atom stereocenters. The van der Waals surface area contributed by atoms with Gasteiger partial charge in [-0.15, -0.1) is 0 Å². The lowest BCUT2D eigenvalue weighted by molar-refractivity contribution is -0.0823. The molecule has 0 aromatic rings. The molecule has 1 rings (SSSR count). The second-order valence-electron chi connectivity index (χ2n) is 7.86. The van der Waals surface area contributed by atoms with Crippen molar-refractivity contribution in [1.82, 2.24) is 15.5 Å². The van der Waals surface area contributed by atoms with E-state index in [0.717, 1.165) is 51.6 Å². The van der Waals surface area contributed by atoms with Crippen LogP contribution in [0.15, 0.2) is 4.99 Å². The number of hydrogen-bond acceptors (Lipinski definition) is 3. The zero-order valence-corrected chi connectivity index (χ0v) is 16.1. The maximum absolute atomic E-state index is 6.06. The van der Waals surface area contributed by atoms with Gasteiger partial charge < -0.3 is 20.3 Å². The van der Waals surface area contributed by atoms with Crippen molar-refractivity contribution >= 4 is 5.96 Å². The molecule has 0 aromatic carbocycles. The summed E-state index contributed by atoms with van der Waals surface area (Å²) in [5.74, 6) is 1.45. The predicted octanol–water partition coefficient (Wildman–Crippen LogP) is 2.33. The summed E-state index contributed by atoms with van der Waals surface area (Å²) in [6.07, 6.45) is 3.79. The van der Waals surface area contributed by atoms with Crippen LogP contribution in [0.25, 0.3) is 0 Å². The summed E-state index contributed by atoms with van der Waals surface area (Å²) in [7, 11) is 4.21. The van der Waals surface area contributed by atoms with E-state index < -0.39 is 0 Å². The van der Waals surface area contributed by atoms with E-state index in [1.807, 2.05) is 0 Å². The molecule has 136 valence electrons. The van der Waals surface area contributed by atoms with Crippen LogP contribution in [-0.4, -0.2) is 63.8 Å². The average Bonchev–Trinajstić information content (AvgIpc) is 2.48. The van der Waals surface area contributed by atoms with Crippen LogP contribution < -0.4 is 10.6 Å². The van der Waals surface area contributed by atoms with Crippen molar-refractivity contribution in [3.05, 3.63) is 0 Å². The molecule has 1 heterocycles. The lowest BCUT2D eigenvalue weighted by Gasteiger charge is -2.39. The van der Waals surface area contributed by atoms with Crippen molar-refractivity contribution in [3.8, 4) is 0 Å². The SMILES string of the molecule is CCNC(=NCC1CCCOC1C(C)(C)C)NCCCN(C)C. The van der Waals surface area contributed by atoms with Crippen LogP contribution in [0.2, 0.25) is 0 Å². The van der Waals surface area contributed by atoms with Crippen molar-refractivity contribution in [2.75, 3.05) is 46.9 Å². The third-order valence-electron chi connectivity index (χ3n) is 4.20. The molecule has 5 nitrogen and oxygen atoms in total. The molecule has 2 atom stereocenters. The third-order valence-corrected chi connectivity index (χ3v) is 4.20. The van der Waals surface area contributed by atoms with Crippen LogP contribution in [0.3, 0.4) is 0 Å². The van der Waals surface area contributed by atoms with Crippen LogP contribution >= 0.6 is 0 Å². The van der Waals surface area contributed by atoms with Crippen molar-refractivity contribution in [2.45, 2.75) is 53.1 Å². The number of aliphatic imine (C=N–C) groups is 1. The van der Waals surface area contributed by atoms with Gasteiger partial charge in [-0.3, -0.25) is 4.99 Å². The molecule has 2 N–H and O–H groups in total. The molecule has 23 heavy (non-hydrogen) atoms. The van der Waals surface area contributed by atoms with Gasteiger partial charge in [0.05, 0.1) is 6.10 Å². The summed E-state index contributed by atoms with van der Waals surface area (Å²) < 4.78 is 6.06. The first-order valence-electron chi connectivity index (χ1n) is 9.13. The summed E-state index contributed by atoms with van der Waals surface area (Å²) >= 11 is 0. The van der Waals surface area contributed by atoms with Crippen LogP contribution in [0, 0.1) is 11.3 Å². The van der Waals surface area contributed by atoms with Gasteiger partial charge in [0.1, 0.15) is 0 Å². The Kier molecular flexibility index (Phi) is 8.92. The highest BCUT2D eigenvalue weighted by molar-refractivity contribution is 5.79. The van der Waals surface area contributed by atoms with Gasteiger partial charge >= 0.3 is 0 Å². The summed E-state index contributed by atoms with van der Waals surface area (Å²) in [6, 6.07) is 0. The molecule has 0 radical (unpaired) electrons. The largest absolute Gasteiger partial charge is 0.377 e. The number of hydrogen-bond donors (Lipinski definition) is 2. The zero-order chi connectivity index (χ0) is 17.3. The van der Waals surface area contributed by atoms with E-state index in [4.69, 9.17) is 9.73 Å². The van der Waals surface area contributed by atoms with E-state index in [1.54, 1.807) is 0 Å². The van der Waals surface area contributed by atoms with Crippen molar-refractivity contribution < 1.29 is 4.74 Å². The summed E-state index contributed by atoms with van der Waals surface area (Å²) in [6.45, 7) is 13.6. The Labute approximate surface area is 143 Å². The minimum Gasteiger partial charge on any atom is -0.377 e. The maximum atomic E-state index is 6.06. The van der Waals surface area contributed by atoms with Gasteiger partial charge in [-0.25, -0.2) is 0 Å². The molecule has 0 spiro atoms. The highest BCUT2D eigenvalue weighted by atomic mass is 16.5. The normalized spacial score (nSPS) is 23.2. The van der Waals surface area contributed by atoms with Gasteiger partial charge in [-0.05, 0) is 52.2 Å². The molecule has 0 saturated carbocycles. The predicted molar refractivity (Wildman–Crippen MR) is 99.1 cm³/mol. The minimum atomic E-state index is 0.179. The molecule has 0 aromatic heterocycles. The van der Waals surface area contributed by atoms with Crippen molar-refractivity contribution in [1.29, 1.82) is 0 Å². The van der Waals surface area contributed by atoms with Crippen LogP contribution in [-0.2, 0) is 4.74 Å². The molecule has 1 aliphatic heterocycles. The number of rotatable bonds is 7. The van der Waals surface area contributed by atoms with Gasteiger partial charge in [0.2, 0.25) is 0 Å². The average molecular weight is 327 g/mol. The molecular weight excluding hydrogens is 288 g/mol. The Hall–Kier alpha value is -0.810. The summed E-state index contributed by atoms with van der Waals surface area (Å²) in [5, 5.41) is 6.79. The molecule has 0 bridgehead atoms. The van der Waals surface area contributed by atoms with Gasteiger partial charge in [0, 0.05) is 32.2 Å². The number of nitrogens with zero attached hydrogens (tertiary/aromatic N) is 2. The van der Waals surface area contributed by atoms with Crippen molar-refractivity contribution in [3.63, 3.8) is 0 Å². The Morgan fingerprint density at radius 3 is 2.61 bits per heavy atom. The first-order chi connectivity index (χ1) is 10.8. The van der Waals surface area contributed by atoms with Crippen LogP contribution in [0.5, 0.6) is 0 Å². The van der Waals surface area contributed by atoms with E-state index in [0.29, 0.717) is 12.0 Å². The topological polar surface area (TPSA) is 48.9 Å². The lowest BCUT2D eigenvalue weighted by Crippen LogP contribution is -2.43. The summed E-state index contributed by atoms with van der Waals surface area (Å²) in [5.41, 5.74) is 0.179. The minimum absolute atomic E-state index is 0.179. The van der Waals surface area contributed by atoms with Gasteiger partial charge in [0.15, 0.2) is 5.96 Å². The van der Waals surface area contributed by atoms with E-state index in [1.165, 1.54) is 6.42 Å². The zero-order valence-electron chi connectivity index (χ0n) is 16.1. The van der Waals surface area contributed by atoms with Gasteiger partial charge in [-0.1, -0.05) is 20.8 Å². The van der Waals surface area contributed by atoms with Gasteiger partial charge in [0.25, 0.3) is 0 Å². The number of nitrogens with one attached hydrogen (secondary N) is 2. The van der Waals surface area contributed by atoms with E-state index in [-0.39, 0.29) is 5.41 Å². The molecule has 1 fully saturated rings. The Morgan fingerprint density at radius 1 is 1.26 bits per heavy atom. The first-order valence-corrected chi connectivity index (χ1v) is 9.13. The molecule has 0 amide bonds. The standard InChI is InChI=1S/C18H38N4O/c1-7-19-17(20-11-9-12-22(5)6)21-14-15-10-8-13-23-16(15)18(2,3)4/h15-16H,7-14H2,1-6H3,(H2,19,20,21). The van der Waals surface area contributed by atoms with Gasteiger partial charge in [-0.2, -0.15) is 0 Å². The van der Waals surface area contributed by atoms with E-state index in [9.17, 15) is 0 Å². The summed E-state index contributed by atoms with van der Waals surface area (Å²) in [4.78, 5) is 7.03. The smallest absolute Gasteiger partial charge is 0.191 e. The quantitative estimate of drug-likeness (QED) is 0.428. The monoisotopic (exact) mass is 326 g/mol. The van der Waals surface area contributed by atoms with Crippen LogP contribution in [0.4, 0.5) is 0 Å². The van der Waals surface area contributed by atoms with Crippen molar-refractivity contribution in [2.24, 2.45) is 16.3 Å². The molecule has 1 aliphatic rings. The highest BCUT2D eigenvalue weighted by Crippen LogP contribution is 2.34. The fourth-order valence-electron chi connectivity index (χ4n) is 3.14. The molecular formula is C18H38N4O. The van der Waals surface area contributed by atoms with E-state index >= 15 is 0 Å². The third kappa shape index (κ3) is 8.02. The molecule has 0 aliphatic carbocycles.